The molecule has 0 bridgehead atoms. The molecule has 5 rings (SSSR count). The molecular formula is C26H24N4OS. The van der Waals surface area contributed by atoms with Crippen molar-refractivity contribution in [3.05, 3.63) is 90.1 Å². The molecule has 2 heterocycles. The standard InChI is InChI=1S/C26H24N4OS/c1-19-9-2-6-13-24(19)31-16-8-15-30-18-20(21-10-3-5-12-23(21)30)17-27-29-26-28-22-11-4-7-14-25(22)32-26/h2-7,9-14,17-18H,8,15-16H2,1H3,(H,28,29). The Labute approximate surface area is 191 Å². The SMILES string of the molecule is Cc1ccccc1OCCCn1cc(C=NNc2nc3ccccc3s2)c2ccccc21. The Morgan fingerprint density at radius 2 is 1.84 bits per heavy atom. The van der Waals surface area contributed by atoms with Crippen molar-refractivity contribution in [3.8, 4) is 5.75 Å². The van der Waals surface area contributed by atoms with Crippen LogP contribution in [0, 0.1) is 6.92 Å². The van der Waals surface area contributed by atoms with Crippen molar-refractivity contribution in [2.75, 3.05) is 12.0 Å². The first kappa shape index (κ1) is 20.3. The Kier molecular flexibility index (Phi) is 5.85. The van der Waals surface area contributed by atoms with Crippen LogP contribution in [0.1, 0.15) is 17.5 Å². The molecule has 0 spiro atoms. The Morgan fingerprint density at radius 1 is 1.03 bits per heavy atom. The van der Waals surface area contributed by atoms with Gasteiger partial charge in [-0.15, -0.1) is 0 Å². The van der Waals surface area contributed by atoms with Gasteiger partial charge in [-0.2, -0.15) is 5.10 Å². The topological polar surface area (TPSA) is 51.4 Å². The monoisotopic (exact) mass is 440 g/mol. The molecule has 0 aliphatic rings. The van der Waals surface area contributed by atoms with Crippen LogP contribution in [0.5, 0.6) is 5.75 Å². The number of rotatable bonds is 8. The number of hydrazone groups is 1. The molecule has 5 nitrogen and oxygen atoms in total. The molecule has 160 valence electrons. The second-order valence-electron chi connectivity index (χ2n) is 7.62. The van der Waals surface area contributed by atoms with Crippen molar-refractivity contribution >= 4 is 43.8 Å². The summed E-state index contributed by atoms with van der Waals surface area (Å²) in [5.74, 6) is 0.957. The zero-order chi connectivity index (χ0) is 21.8. The number of thiazole rings is 1. The van der Waals surface area contributed by atoms with Gasteiger partial charge in [0.1, 0.15) is 5.75 Å². The van der Waals surface area contributed by atoms with Gasteiger partial charge >= 0.3 is 0 Å². The first-order chi connectivity index (χ1) is 15.8. The predicted octanol–water partition coefficient (Wildman–Crippen LogP) is 6.47. The van der Waals surface area contributed by atoms with Crippen molar-refractivity contribution in [2.24, 2.45) is 5.10 Å². The smallest absolute Gasteiger partial charge is 0.204 e. The van der Waals surface area contributed by atoms with Crippen LogP contribution in [-0.4, -0.2) is 22.4 Å². The van der Waals surface area contributed by atoms with Gasteiger partial charge in [0.25, 0.3) is 0 Å². The first-order valence-corrected chi connectivity index (χ1v) is 11.5. The van der Waals surface area contributed by atoms with Gasteiger partial charge in [-0.05, 0) is 43.2 Å². The van der Waals surface area contributed by atoms with Crippen molar-refractivity contribution in [2.45, 2.75) is 19.9 Å². The number of hydrogen-bond acceptors (Lipinski definition) is 5. The fourth-order valence-corrected chi connectivity index (χ4v) is 4.59. The van der Waals surface area contributed by atoms with Gasteiger partial charge in [0.15, 0.2) is 0 Å². The lowest BCUT2D eigenvalue weighted by Gasteiger charge is -2.09. The number of aryl methyl sites for hydroxylation is 2. The maximum Gasteiger partial charge on any atom is 0.204 e. The van der Waals surface area contributed by atoms with E-state index in [-0.39, 0.29) is 0 Å². The van der Waals surface area contributed by atoms with Crippen molar-refractivity contribution < 1.29 is 4.74 Å². The van der Waals surface area contributed by atoms with Crippen molar-refractivity contribution in [3.63, 3.8) is 0 Å². The number of ether oxygens (including phenoxy) is 1. The number of hydrogen-bond donors (Lipinski definition) is 1. The molecule has 0 aliphatic carbocycles. The lowest BCUT2D eigenvalue weighted by molar-refractivity contribution is 0.301. The molecule has 0 fully saturated rings. The molecule has 0 saturated heterocycles. The number of anilines is 1. The van der Waals surface area contributed by atoms with Gasteiger partial charge < -0.3 is 9.30 Å². The largest absolute Gasteiger partial charge is 0.493 e. The van der Waals surface area contributed by atoms with E-state index in [0.29, 0.717) is 6.61 Å². The number of nitrogens with zero attached hydrogens (tertiary/aromatic N) is 3. The molecule has 6 heteroatoms. The van der Waals surface area contributed by atoms with Crippen LogP contribution in [0.2, 0.25) is 0 Å². The molecule has 3 aromatic carbocycles. The highest BCUT2D eigenvalue weighted by Gasteiger charge is 2.07. The lowest BCUT2D eigenvalue weighted by Crippen LogP contribution is -2.04. The number of aromatic nitrogens is 2. The zero-order valence-corrected chi connectivity index (χ0v) is 18.7. The molecule has 2 aromatic heterocycles. The Balaban J connectivity index is 1.26. The summed E-state index contributed by atoms with van der Waals surface area (Å²) < 4.78 is 9.38. The summed E-state index contributed by atoms with van der Waals surface area (Å²) in [6.45, 7) is 3.63. The summed E-state index contributed by atoms with van der Waals surface area (Å²) in [5, 5.41) is 6.43. The van der Waals surface area contributed by atoms with Gasteiger partial charge in [-0.25, -0.2) is 4.98 Å². The number of nitrogens with one attached hydrogen (secondary N) is 1. The van der Waals surface area contributed by atoms with Crippen LogP contribution in [-0.2, 0) is 6.54 Å². The van der Waals surface area contributed by atoms with Crippen LogP contribution in [0.15, 0.2) is 84.1 Å². The minimum atomic E-state index is 0.681. The van der Waals surface area contributed by atoms with E-state index in [2.05, 4.69) is 69.6 Å². The van der Waals surface area contributed by atoms with E-state index in [9.17, 15) is 0 Å². The Hall–Kier alpha value is -3.64. The van der Waals surface area contributed by atoms with Gasteiger partial charge in [0.2, 0.25) is 5.13 Å². The molecule has 0 radical (unpaired) electrons. The minimum Gasteiger partial charge on any atom is -0.493 e. The van der Waals surface area contributed by atoms with Crippen LogP contribution in [0.25, 0.3) is 21.1 Å². The number of fused-ring (bicyclic) bond motifs is 2. The summed E-state index contributed by atoms with van der Waals surface area (Å²) in [4.78, 5) is 4.57. The molecule has 0 aliphatic heterocycles. The number of benzene rings is 3. The van der Waals surface area contributed by atoms with Gasteiger partial charge in [-0.3, -0.25) is 5.43 Å². The summed E-state index contributed by atoms with van der Waals surface area (Å²) in [5.41, 5.74) is 7.51. The van der Waals surface area contributed by atoms with Crippen LogP contribution in [0.3, 0.4) is 0 Å². The summed E-state index contributed by atoms with van der Waals surface area (Å²) in [6.07, 6.45) is 4.95. The average Bonchev–Trinajstić information content (AvgIpc) is 3.39. The van der Waals surface area contributed by atoms with Crippen LogP contribution >= 0.6 is 11.3 Å². The molecule has 32 heavy (non-hydrogen) atoms. The van der Waals surface area contributed by atoms with Crippen LogP contribution in [0.4, 0.5) is 5.13 Å². The minimum absolute atomic E-state index is 0.681. The second-order valence-corrected chi connectivity index (χ2v) is 8.65. The molecule has 0 amide bonds. The molecule has 1 N–H and O–H groups in total. The normalized spacial score (nSPS) is 11.5. The molecule has 0 atom stereocenters. The van der Waals surface area contributed by atoms with E-state index in [0.717, 1.165) is 45.2 Å². The van der Waals surface area contributed by atoms with E-state index < -0.39 is 0 Å². The quantitative estimate of drug-likeness (QED) is 0.171. The maximum atomic E-state index is 5.96. The average molecular weight is 441 g/mol. The molecule has 0 saturated carbocycles. The predicted molar refractivity (Wildman–Crippen MR) is 134 cm³/mol. The maximum absolute atomic E-state index is 5.96. The first-order valence-electron chi connectivity index (χ1n) is 10.7. The van der Waals surface area contributed by atoms with Crippen molar-refractivity contribution in [1.82, 2.24) is 9.55 Å². The van der Waals surface area contributed by atoms with Gasteiger partial charge in [-0.1, -0.05) is 59.9 Å². The van der Waals surface area contributed by atoms with E-state index in [1.54, 1.807) is 11.3 Å². The lowest BCUT2D eigenvalue weighted by atomic mass is 10.2. The summed E-state index contributed by atoms with van der Waals surface area (Å²) in [6, 6.07) is 24.6. The van der Waals surface area contributed by atoms with E-state index in [4.69, 9.17) is 4.74 Å². The van der Waals surface area contributed by atoms with Crippen LogP contribution < -0.4 is 10.2 Å². The number of para-hydroxylation sites is 3. The van der Waals surface area contributed by atoms with Gasteiger partial charge in [0.05, 0.1) is 23.0 Å². The Bertz CT molecular complexity index is 1350. The summed E-state index contributed by atoms with van der Waals surface area (Å²) >= 11 is 1.60. The highest BCUT2D eigenvalue weighted by Crippen LogP contribution is 2.25. The van der Waals surface area contributed by atoms with E-state index in [1.165, 1.54) is 10.9 Å². The molecule has 5 aromatic rings. The fourth-order valence-electron chi connectivity index (χ4n) is 3.78. The highest BCUT2D eigenvalue weighted by atomic mass is 32.1. The van der Waals surface area contributed by atoms with Gasteiger partial charge in [0, 0.05) is 29.2 Å². The fraction of sp³-hybridized carbons (Fsp3) is 0.154. The van der Waals surface area contributed by atoms with E-state index >= 15 is 0 Å². The molecular weight excluding hydrogens is 416 g/mol. The third-order valence-electron chi connectivity index (χ3n) is 5.37. The third-order valence-corrected chi connectivity index (χ3v) is 6.31. The van der Waals surface area contributed by atoms with Crippen molar-refractivity contribution in [1.29, 1.82) is 0 Å². The Morgan fingerprint density at radius 3 is 2.75 bits per heavy atom. The van der Waals surface area contributed by atoms with E-state index in [1.807, 2.05) is 42.6 Å². The molecule has 0 unspecified atom stereocenters. The second kappa shape index (κ2) is 9.24. The highest BCUT2D eigenvalue weighted by molar-refractivity contribution is 7.22. The third kappa shape index (κ3) is 4.36. The summed E-state index contributed by atoms with van der Waals surface area (Å²) in [7, 11) is 0. The zero-order valence-electron chi connectivity index (χ0n) is 17.9.